The summed E-state index contributed by atoms with van der Waals surface area (Å²) < 4.78 is 0. The molecule has 19 heavy (non-hydrogen) atoms. The molecular weight excluding hydrogens is 254 g/mol. The third kappa shape index (κ3) is 3.32. The first-order chi connectivity index (χ1) is 9.07. The van der Waals surface area contributed by atoms with Crippen molar-refractivity contribution in [2.75, 3.05) is 13.1 Å². The molecule has 0 heterocycles. The van der Waals surface area contributed by atoms with E-state index < -0.39 is 0 Å². The van der Waals surface area contributed by atoms with Crippen LogP contribution in [0.25, 0.3) is 0 Å². The van der Waals surface area contributed by atoms with Gasteiger partial charge in [-0.2, -0.15) is 0 Å². The van der Waals surface area contributed by atoms with Crippen molar-refractivity contribution in [2.24, 2.45) is 11.8 Å². The number of hydrogen-bond acceptors (Lipinski definition) is 1. The van der Waals surface area contributed by atoms with Crippen LogP contribution >= 0.6 is 11.6 Å². The van der Waals surface area contributed by atoms with Crippen LogP contribution in [0, 0.1) is 11.8 Å². The molecule has 0 bridgehead atoms. The van der Waals surface area contributed by atoms with Crippen molar-refractivity contribution in [3.8, 4) is 0 Å². The fourth-order valence-electron chi connectivity index (χ4n) is 3.21. The van der Waals surface area contributed by atoms with Crippen molar-refractivity contribution in [3.05, 3.63) is 34.9 Å². The zero-order valence-corrected chi connectivity index (χ0v) is 13.1. The molecule has 1 fully saturated rings. The Hall–Kier alpha value is -0.530. The lowest BCUT2D eigenvalue weighted by atomic mass is 9.56. The van der Waals surface area contributed by atoms with E-state index in [2.05, 4.69) is 38.2 Å². The first kappa shape index (κ1) is 14.9. The number of benzene rings is 1. The molecule has 1 aromatic rings. The summed E-state index contributed by atoms with van der Waals surface area (Å²) in [6.07, 6.45) is 3.82. The summed E-state index contributed by atoms with van der Waals surface area (Å²) in [7, 11) is 0. The maximum atomic E-state index is 6.01. The molecule has 0 aromatic heterocycles. The Bertz CT molecular complexity index is 390. The maximum Gasteiger partial charge on any atom is 0.0406 e. The maximum absolute atomic E-state index is 6.01. The van der Waals surface area contributed by atoms with Gasteiger partial charge in [0.1, 0.15) is 0 Å². The Morgan fingerprint density at radius 2 is 1.89 bits per heavy atom. The fraction of sp³-hybridized carbons (Fsp3) is 0.647. The lowest BCUT2D eigenvalue weighted by molar-refractivity contribution is 0.0979. The largest absolute Gasteiger partial charge is 0.316 e. The fourth-order valence-corrected chi connectivity index (χ4v) is 3.33. The predicted octanol–water partition coefficient (Wildman–Crippen LogP) is 4.64. The molecule has 0 aliphatic heterocycles. The molecule has 0 atom stereocenters. The SMILES string of the molecule is CCCNCC1(c2ccc(Cl)cc2)CC(C(C)C)C1. The van der Waals surface area contributed by atoms with Gasteiger partial charge in [0.2, 0.25) is 0 Å². The van der Waals surface area contributed by atoms with Crippen molar-refractivity contribution in [1.82, 2.24) is 5.32 Å². The average molecular weight is 280 g/mol. The van der Waals surface area contributed by atoms with Gasteiger partial charge in [-0.15, -0.1) is 0 Å². The van der Waals surface area contributed by atoms with E-state index >= 15 is 0 Å². The summed E-state index contributed by atoms with van der Waals surface area (Å²) in [5, 5.41) is 4.45. The smallest absolute Gasteiger partial charge is 0.0406 e. The number of nitrogens with one attached hydrogen (secondary N) is 1. The van der Waals surface area contributed by atoms with Crippen molar-refractivity contribution >= 4 is 11.6 Å². The molecule has 2 heteroatoms. The van der Waals surface area contributed by atoms with Crippen LogP contribution in [0.3, 0.4) is 0 Å². The second kappa shape index (κ2) is 6.28. The Labute approximate surface area is 122 Å². The van der Waals surface area contributed by atoms with Gasteiger partial charge in [0.05, 0.1) is 0 Å². The molecule has 0 unspecified atom stereocenters. The Kier molecular flexibility index (Phi) is 4.92. The molecule has 0 spiro atoms. The van der Waals surface area contributed by atoms with E-state index in [0.29, 0.717) is 5.41 Å². The topological polar surface area (TPSA) is 12.0 Å². The van der Waals surface area contributed by atoms with E-state index in [-0.39, 0.29) is 0 Å². The highest BCUT2D eigenvalue weighted by Gasteiger charge is 2.45. The minimum absolute atomic E-state index is 0.342. The Balaban J connectivity index is 2.09. The number of rotatable bonds is 6. The quantitative estimate of drug-likeness (QED) is 0.748. The minimum Gasteiger partial charge on any atom is -0.316 e. The second-order valence-corrected chi connectivity index (χ2v) is 6.81. The normalized spacial score (nSPS) is 26.5. The average Bonchev–Trinajstić information content (AvgIpc) is 2.33. The molecule has 1 aromatic carbocycles. The molecule has 0 radical (unpaired) electrons. The first-order valence-electron chi connectivity index (χ1n) is 7.54. The summed E-state index contributed by atoms with van der Waals surface area (Å²) in [5.41, 5.74) is 1.80. The van der Waals surface area contributed by atoms with E-state index in [0.717, 1.165) is 29.9 Å². The lowest BCUT2D eigenvalue weighted by Crippen LogP contribution is -2.50. The van der Waals surface area contributed by atoms with E-state index in [1.165, 1.54) is 24.8 Å². The van der Waals surface area contributed by atoms with Crippen molar-refractivity contribution in [2.45, 2.75) is 45.4 Å². The van der Waals surface area contributed by atoms with Gasteiger partial charge >= 0.3 is 0 Å². The summed E-state index contributed by atoms with van der Waals surface area (Å²) in [4.78, 5) is 0. The zero-order valence-electron chi connectivity index (χ0n) is 12.4. The van der Waals surface area contributed by atoms with Gasteiger partial charge in [-0.1, -0.05) is 44.5 Å². The van der Waals surface area contributed by atoms with Gasteiger partial charge in [0.25, 0.3) is 0 Å². The highest BCUT2D eigenvalue weighted by atomic mass is 35.5. The Morgan fingerprint density at radius 1 is 1.26 bits per heavy atom. The van der Waals surface area contributed by atoms with Crippen molar-refractivity contribution in [3.63, 3.8) is 0 Å². The molecule has 1 aliphatic carbocycles. The Morgan fingerprint density at radius 3 is 2.42 bits per heavy atom. The van der Waals surface area contributed by atoms with Gasteiger partial charge in [-0.25, -0.2) is 0 Å². The van der Waals surface area contributed by atoms with Gasteiger partial charge < -0.3 is 5.32 Å². The van der Waals surface area contributed by atoms with Crippen LogP contribution in [-0.4, -0.2) is 13.1 Å². The van der Waals surface area contributed by atoms with Crippen LogP contribution in [0.2, 0.25) is 5.02 Å². The van der Waals surface area contributed by atoms with Gasteiger partial charge in [0, 0.05) is 17.0 Å². The molecule has 0 saturated heterocycles. The first-order valence-corrected chi connectivity index (χ1v) is 7.92. The van der Waals surface area contributed by atoms with Gasteiger partial charge in [0.15, 0.2) is 0 Å². The van der Waals surface area contributed by atoms with Crippen molar-refractivity contribution < 1.29 is 0 Å². The highest BCUT2D eigenvalue weighted by Crippen LogP contribution is 2.50. The molecule has 1 N–H and O–H groups in total. The summed E-state index contributed by atoms with van der Waals surface area (Å²) in [6, 6.07) is 8.49. The zero-order chi connectivity index (χ0) is 13.9. The van der Waals surface area contributed by atoms with Crippen LogP contribution in [-0.2, 0) is 5.41 Å². The van der Waals surface area contributed by atoms with Gasteiger partial charge in [-0.3, -0.25) is 0 Å². The summed E-state index contributed by atoms with van der Waals surface area (Å²) >= 11 is 6.01. The monoisotopic (exact) mass is 279 g/mol. The molecule has 2 rings (SSSR count). The highest BCUT2D eigenvalue weighted by molar-refractivity contribution is 6.30. The van der Waals surface area contributed by atoms with Crippen LogP contribution in [0.1, 0.15) is 45.6 Å². The summed E-state index contributed by atoms with van der Waals surface area (Å²) in [5.74, 6) is 1.67. The number of halogens is 1. The van der Waals surface area contributed by atoms with Crippen LogP contribution < -0.4 is 5.32 Å². The van der Waals surface area contributed by atoms with E-state index in [1.54, 1.807) is 0 Å². The second-order valence-electron chi connectivity index (χ2n) is 6.38. The summed E-state index contributed by atoms with van der Waals surface area (Å²) in [6.45, 7) is 9.12. The molecule has 0 amide bonds. The van der Waals surface area contributed by atoms with Gasteiger partial charge in [-0.05, 0) is 55.3 Å². The molecule has 1 aliphatic rings. The third-order valence-corrected chi connectivity index (χ3v) is 4.85. The van der Waals surface area contributed by atoms with E-state index in [9.17, 15) is 0 Å². The third-order valence-electron chi connectivity index (χ3n) is 4.60. The van der Waals surface area contributed by atoms with Crippen LogP contribution in [0.4, 0.5) is 0 Å². The van der Waals surface area contributed by atoms with Crippen LogP contribution in [0.15, 0.2) is 24.3 Å². The van der Waals surface area contributed by atoms with E-state index in [1.807, 2.05) is 12.1 Å². The standard InChI is InChI=1S/C17H26ClN/c1-4-9-19-12-17(10-14(11-17)13(2)3)15-5-7-16(18)8-6-15/h5-8,13-14,19H,4,9-12H2,1-3H3. The predicted molar refractivity (Wildman–Crippen MR) is 83.9 cm³/mol. The van der Waals surface area contributed by atoms with Crippen molar-refractivity contribution in [1.29, 1.82) is 0 Å². The lowest BCUT2D eigenvalue weighted by Gasteiger charge is -2.50. The minimum atomic E-state index is 0.342. The van der Waals surface area contributed by atoms with E-state index in [4.69, 9.17) is 11.6 Å². The molecule has 106 valence electrons. The van der Waals surface area contributed by atoms with Crippen LogP contribution in [0.5, 0.6) is 0 Å². The number of hydrogen-bond donors (Lipinski definition) is 1. The molecule has 1 saturated carbocycles. The molecule has 1 nitrogen and oxygen atoms in total. The molecular formula is C17H26ClN.